The Morgan fingerprint density at radius 1 is 1.39 bits per heavy atom. The van der Waals surface area contributed by atoms with Gasteiger partial charge in [-0.05, 0) is 19.4 Å². The van der Waals surface area contributed by atoms with Crippen LogP contribution in [0.4, 0.5) is 0 Å². The lowest BCUT2D eigenvalue weighted by Crippen LogP contribution is -2.34. The zero-order chi connectivity index (χ0) is 12.3. The van der Waals surface area contributed by atoms with E-state index in [0.717, 1.165) is 39.1 Å². The van der Waals surface area contributed by atoms with Gasteiger partial charge in [-0.2, -0.15) is 0 Å². The molecule has 0 bridgehead atoms. The van der Waals surface area contributed by atoms with Gasteiger partial charge in [0.05, 0.1) is 13.2 Å². The lowest BCUT2D eigenvalue weighted by Gasteiger charge is -2.09. The molecule has 1 aliphatic rings. The number of hydrogen-bond donors (Lipinski definition) is 2. The first kappa shape index (κ1) is 17.6. The van der Waals surface area contributed by atoms with Gasteiger partial charge in [0.25, 0.3) is 0 Å². The van der Waals surface area contributed by atoms with Crippen LogP contribution in [0.3, 0.4) is 0 Å². The van der Waals surface area contributed by atoms with Gasteiger partial charge in [0.2, 0.25) is 5.91 Å². The summed E-state index contributed by atoms with van der Waals surface area (Å²) in [6.07, 6.45) is 2.16. The number of halogens is 1. The number of hydrogen-bond acceptors (Lipinski definition) is 4. The zero-order valence-electron chi connectivity index (χ0n) is 11.1. The normalized spacial score (nSPS) is 18.4. The highest BCUT2D eigenvalue weighted by atomic mass is 35.5. The monoisotopic (exact) mass is 280 g/mol. The molecule has 0 spiro atoms. The third-order valence-corrected chi connectivity index (χ3v) is 2.66. The maximum atomic E-state index is 11.4. The van der Waals surface area contributed by atoms with Crippen LogP contribution in [0.15, 0.2) is 0 Å². The second kappa shape index (κ2) is 11.7. The van der Waals surface area contributed by atoms with Crippen LogP contribution >= 0.6 is 12.4 Å². The summed E-state index contributed by atoms with van der Waals surface area (Å²) >= 11 is 0. The van der Waals surface area contributed by atoms with Gasteiger partial charge >= 0.3 is 0 Å². The lowest BCUT2D eigenvalue weighted by atomic mass is 10.1. The first-order chi connectivity index (χ1) is 8.33. The van der Waals surface area contributed by atoms with Crippen LogP contribution in [-0.2, 0) is 14.3 Å². The van der Waals surface area contributed by atoms with E-state index >= 15 is 0 Å². The predicted octanol–water partition coefficient (Wildman–Crippen LogP) is 0.577. The van der Waals surface area contributed by atoms with Crippen molar-refractivity contribution in [1.29, 1.82) is 0 Å². The van der Waals surface area contributed by atoms with E-state index in [1.165, 1.54) is 0 Å². The Morgan fingerprint density at radius 2 is 2.22 bits per heavy atom. The van der Waals surface area contributed by atoms with Crippen molar-refractivity contribution in [2.75, 3.05) is 46.1 Å². The van der Waals surface area contributed by atoms with Crippen molar-refractivity contribution in [3.05, 3.63) is 0 Å². The van der Waals surface area contributed by atoms with Crippen LogP contribution < -0.4 is 10.6 Å². The molecule has 5 nitrogen and oxygen atoms in total. The molecule has 1 aliphatic heterocycles. The molecular formula is C12H25ClN2O3. The van der Waals surface area contributed by atoms with E-state index in [2.05, 4.69) is 17.6 Å². The lowest BCUT2D eigenvalue weighted by molar-refractivity contribution is -0.126. The van der Waals surface area contributed by atoms with Crippen LogP contribution in [0.5, 0.6) is 0 Å². The molecular weight excluding hydrogens is 256 g/mol. The first-order valence-electron chi connectivity index (χ1n) is 6.45. The van der Waals surface area contributed by atoms with E-state index < -0.39 is 0 Å². The van der Waals surface area contributed by atoms with E-state index in [-0.39, 0.29) is 24.9 Å². The summed E-state index contributed by atoms with van der Waals surface area (Å²) in [5.41, 5.74) is 0. The largest absolute Gasteiger partial charge is 0.381 e. The predicted molar refractivity (Wildman–Crippen MR) is 73.2 cm³/mol. The average Bonchev–Trinajstić information content (AvgIpc) is 2.82. The topological polar surface area (TPSA) is 59.6 Å². The molecule has 1 atom stereocenters. The van der Waals surface area contributed by atoms with E-state index in [9.17, 15) is 4.79 Å². The minimum atomic E-state index is -0.0396. The summed E-state index contributed by atoms with van der Waals surface area (Å²) in [6, 6.07) is 0. The van der Waals surface area contributed by atoms with Crippen molar-refractivity contribution in [3.8, 4) is 0 Å². The van der Waals surface area contributed by atoms with Crippen molar-refractivity contribution in [2.45, 2.75) is 19.8 Å². The molecule has 108 valence electrons. The highest BCUT2D eigenvalue weighted by Gasteiger charge is 2.15. The van der Waals surface area contributed by atoms with E-state index in [4.69, 9.17) is 9.47 Å². The van der Waals surface area contributed by atoms with Gasteiger partial charge in [-0.3, -0.25) is 4.79 Å². The molecule has 0 radical (unpaired) electrons. The molecule has 1 unspecified atom stereocenters. The molecule has 1 amide bonds. The quantitative estimate of drug-likeness (QED) is 0.607. The van der Waals surface area contributed by atoms with Gasteiger partial charge in [0.15, 0.2) is 0 Å². The molecule has 2 N–H and O–H groups in total. The standard InChI is InChI=1S/C12H24N2O3.ClH/c1-2-4-13-5-6-14-12(15)10-17-9-11-3-7-16-8-11;/h11,13H,2-10H2,1H3,(H,14,15);1H. The Morgan fingerprint density at radius 3 is 2.89 bits per heavy atom. The molecule has 0 aromatic heterocycles. The molecule has 0 aromatic carbocycles. The SMILES string of the molecule is CCCNCCNC(=O)COCC1CCOC1.Cl. The van der Waals surface area contributed by atoms with E-state index in [1.54, 1.807) is 0 Å². The number of carbonyl (C=O) groups is 1. The summed E-state index contributed by atoms with van der Waals surface area (Å²) in [4.78, 5) is 11.4. The van der Waals surface area contributed by atoms with Crippen molar-refractivity contribution in [1.82, 2.24) is 10.6 Å². The Hall–Kier alpha value is -0.360. The molecule has 6 heteroatoms. The first-order valence-corrected chi connectivity index (χ1v) is 6.45. The Balaban J connectivity index is 0.00000289. The van der Waals surface area contributed by atoms with Gasteiger partial charge in [0.1, 0.15) is 6.61 Å². The summed E-state index contributed by atoms with van der Waals surface area (Å²) in [5, 5.41) is 6.03. The van der Waals surface area contributed by atoms with Crippen molar-refractivity contribution < 1.29 is 14.3 Å². The number of ether oxygens (including phenoxy) is 2. The number of nitrogens with one attached hydrogen (secondary N) is 2. The number of rotatable bonds is 9. The summed E-state index contributed by atoms with van der Waals surface area (Å²) in [5.74, 6) is 0.427. The van der Waals surface area contributed by atoms with Crippen LogP contribution in [0.25, 0.3) is 0 Å². The zero-order valence-corrected chi connectivity index (χ0v) is 11.9. The Kier molecular flexibility index (Phi) is 11.5. The summed E-state index contributed by atoms with van der Waals surface area (Å²) < 4.78 is 10.6. The van der Waals surface area contributed by atoms with E-state index in [0.29, 0.717) is 19.1 Å². The van der Waals surface area contributed by atoms with E-state index in [1.807, 2.05) is 0 Å². The van der Waals surface area contributed by atoms with Crippen LogP contribution in [-0.4, -0.2) is 52.0 Å². The van der Waals surface area contributed by atoms with Crippen molar-refractivity contribution in [2.24, 2.45) is 5.92 Å². The summed E-state index contributed by atoms with van der Waals surface area (Å²) in [6.45, 7) is 6.96. The fourth-order valence-corrected chi connectivity index (χ4v) is 1.68. The molecule has 0 aromatic rings. The molecule has 1 heterocycles. The number of amides is 1. The van der Waals surface area contributed by atoms with Crippen LogP contribution in [0.1, 0.15) is 19.8 Å². The van der Waals surface area contributed by atoms with Crippen molar-refractivity contribution >= 4 is 18.3 Å². The highest BCUT2D eigenvalue weighted by Crippen LogP contribution is 2.11. The van der Waals surface area contributed by atoms with Crippen LogP contribution in [0, 0.1) is 5.92 Å². The molecule has 1 rings (SSSR count). The fourth-order valence-electron chi connectivity index (χ4n) is 1.68. The molecule has 1 fully saturated rings. The van der Waals surface area contributed by atoms with Gasteiger partial charge in [-0.25, -0.2) is 0 Å². The third kappa shape index (κ3) is 8.69. The summed E-state index contributed by atoms with van der Waals surface area (Å²) in [7, 11) is 0. The smallest absolute Gasteiger partial charge is 0.246 e. The number of carbonyl (C=O) groups excluding carboxylic acids is 1. The minimum absolute atomic E-state index is 0. The maximum Gasteiger partial charge on any atom is 0.246 e. The van der Waals surface area contributed by atoms with Gasteiger partial charge in [-0.15, -0.1) is 12.4 Å². The van der Waals surface area contributed by atoms with Gasteiger partial charge in [0, 0.05) is 25.6 Å². The third-order valence-electron chi connectivity index (χ3n) is 2.66. The second-order valence-corrected chi connectivity index (χ2v) is 4.34. The molecule has 1 saturated heterocycles. The Bertz CT molecular complexity index is 211. The highest BCUT2D eigenvalue weighted by molar-refractivity contribution is 5.85. The molecule has 0 saturated carbocycles. The van der Waals surface area contributed by atoms with Crippen LogP contribution in [0.2, 0.25) is 0 Å². The fraction of sp³-hybridized carbons (Fsp3) is 0.917. The van der Waals surface area contributed by atoms with Gasteiger partial charge < -0.3 is 20.1 Å². The van der Waals surface area contributed by atoms with Crippen molar-refractivity contribution in [3.63, 3.8) is 0 Å². The minimum Gasteiger partial charge on any atom is -0.381 e. The van der Waals surface area contributed by atoms with Gasteiger partial charge in [-0.1, -0.05) is 6.92 Å². The maximum absolute atomic E-state index is 11.4. The second-order valence-electron chi connectivity index (χ2n) is 4.34. The Labute approximate surface area is 115 Å². The molecule has 18 heavy (non-hydrogen) atoms. The molecule has 0 aliphatic carbocycles. The average molecular weight is 281 g/mol.